The van der Waals surface area contributed by atoms with E-state index in [0.717, 1.165) is 31.2 Å². The Bertz CT molecular complexity index is 1000. The topological polar surface area (TPSA) is 66.5 Å². The van der Waals surface area contributed by atoms with Gasteiger partial charge >= 0.3 is 0 Å². The van der Waals surface area contributed by atoms with Crippen molar-refractivity contribution in [2.75, 3.05) is 13.1 Å². The summed E-state index contributed by atoms with van der Waals surface area (Å²) in [5.41, 5.74) is 2.68. The van der Waals surface area contributed by atoms with Gasteiger partial charge in [0.05, 0.1) is 10.9 Å². The Balaban J connectivity index is 1.74. The van der Waals surface area contributed by atoms with Crippen LogP contribution in [0.1, 0.15) is 80.9 Å². The first kappa shape index (κ1) is 23.5. The van der Waals surface area contributed by atoms with Crippen LogP contribution in [0.15, 0.2) is 53.4 Å². The maximum absolute atomic E-state index is 13.1. The van der Waals surface area contributed by atoms with Gasteiger partial charge in [-0.15, -0.1) is 0 Å². The van der Waals surface area contributed by atoms with E-state index in [0.29, 0.717) is 18.7 Å². The van der Waals surface area contributed by atoms with Crippen LogP contribution in [0.25, 0.3) is 0 Å². The van der Waals surface area contributed by atoms with Crippen LogP contribution in [-0.4, -0.2) is 31.7 Å². The minimum absolute atomic E-state index is 0.0737. The van der Waals surface area contributed by atoms with E-state index in [1.54, 1.807) is 22.5 Å². The van der Waals surface area contributed by atoms with Crippen LogP contribution in [0.5, 0.6) is 0 Å². The molecule has 1 amide bonds. The second-order valence-corrected chi connectivity index (χ2v) is 11.4. The van der Waals surface area contributed by atoms with Gasteiger partial charge in [0.1, 0.15) is 0 Å². The van der Waals surface area contributed by atoms with Crippen molar-refractivity contribution >= 4 is 15.9 Å². The molecule has 3 rings (SSSR count). The molecule has 1 heterocycles. The Kier molecular flexibility index (Phi) is 7.22. The summed E-state index contributed by atoms with van der Waals surface area (Å²) in [7, 11) is -3.59. The predicted octanol–water partition coefficient (Wildman–Crippen LogP) is 5.04. The van der Waals surface area contributed by atoms with Crippen LogP contribution in [0.4, 0.5) is 0 Å². The molecule has 6 heteroatoms. The average Bonchev–Trinajstić information content (AvgIpc) is 3.03. The number of carbonyl (C=O) groups excluding carboxylic acids is 1. The molecule has 1 atom stereocenters. The van der Waals surface area contributed by atoms with Crippen molar-refractivity contribution in [1.29, 1.82) is 0 Å². The summed E-state index contributed by atoms with van der Waals surface area (Å²) in [4.78, 5) is 13.0. The number of hydrogen-bond donors (Lipinski definition) is 1. The predicted molar refractivity (Wildman–Crippen MR) is 125 cm³/mol. The van der Waals surface area contributed by atoms with Gasteiger partial charge < -0.3 is 5.32 Å². The fourth-order valence-electron chi connectivity index (χ4n) is 3.86. The summed E-state index contributed by atoms with van der Waals surface area (Å²) in [6.07, 6.45) is 3.88. The lowest BCUT2D eigenvalue weighted by atomic mass is 9.86. The number of sulfonamides is 1. The zero-order valence-corrected chi connectivity index (χ0v) is 19.8. The van der Waals surface area contributed by atoms with E-state index in [-0.39, 0.29) is 22.3 Å². The van der Waals surface area contributed by atoms with Gasteiger partial charge in [0.2, 0.25) is 10.0 Å². The minimum Gasteiger partial charge on any atom is -0.346 e. The van der Waals surface area contributed by atoms with E-state index in [9.17, 15) is 13.2 Å². The molecule has 0 radical (unpaired) electrons. The Morgan fingerprint density at radius 3 is 2.16 bits per heavy atom. The molecule has 1 aliphatic rings. The van der Waals surface area contributed by atoms with Gasteiger partial charge in [-0.25, -0.2) is 8.42 Å². The third-order valence-corrected chi connectivity index (χ3v) is 7.82. The number of nitrogens with zero attached hydrogens (tertiary/aromatic N) is 1. The van der Waals surface area contributed by atoms with Crippen molar-refractivity contribution in [3.05, 3.63) is 65.2 Å². The maximum atomic E-state index is 13.1. The van der Waals surface area contributed by atoms with Gasteiger partial charge in [0.15, 0.2) is 0 Å². The van der Waals surface area contributed by atoms with Gasteiger partial charge in [-0.2, -0.15) is 4.31 Å². The SMILES string of the molecule is CC(NC(=O)c1cccc(S(=O)(=O)N2CCCCCC2)c1)c1ccc(C(C)(C)C)cc1. The molecule has 5 nitrogen and oxygen atoms in total. The Morgan fingerprint density at radius 2 is 1.58 bits per heavy atom. The van der Waals surface area contributed by atoms with Gasteiger partial charge in [-0.1, -0.05) is 63.9 Å². The highest BCUT2D eigenvalue weighted by atomic mass is 32.2. The average molecular weight is 443 g/mol. The zero-order chi connectivity index (χ0) is 22.6. The highest BCUT2D eigenvalue weighted by molar-refractivity contribution is 7.89. The number of rotatable bonds is 5. The highest BCUT2D eigenvalue weighted by Crippen LogP contribution is 2.25. The highest BCUT2D eigenvalue weighted by Gasteiger charge is 2.26. The Labute approximate surface area is 186 Å². The Morgan fingerprint density at radius 1 is 0.968 bits per heavy atom. The standard InChI is InChI=1S/C25H34N2O3S/c1-19(20-12-14-22(15-13-20)25(2,3)4)26-24(28)21-10-9-11-23(18-21)31(29,30)27-16-7-5-6-8-17-27/h9-15,18-19H,5-8,16-17H2,1-4H3,(H,26,28). The van der Waals surface area contributed by atoms with Crippen LogP contribution in [-0.2, 0) is 15.4 Å². The molecule has 2 aromatic carbocycles. The summed E-state index contributed by atoms with van der Waals surface area (Å²) in [5.74, 6) is -0.277. The largest absolute Gasteiger partial charge is 0.346 e. The third kappa shape index (κ3) is 5.74. The summed E-state index contributed by atoms with van der Waals surface area (Å²) >= 11 is 0. The van der Waals surface area contributed by atoms with Gasteiger partial charge in [0, 0.05) is 18.7 Å². The number of nitrogens with one attached hydrogen (secondary N) is 1. The lowest BCUT2D eigenvalue weighted by Gasteiger charge is -2.21. The molecule has 0 spiro atoms. The summed E-state index contributed by atoms with van der Waals surface area (Å²) in [5, 5.41) is 2.99. The molecule has 1 N–H and O–H groups in total. The normalized spacial score (nSPS) is 17.0. The number of benzene rings is 2. The molecule has 0 aliphatic carbocycles. The van der Waals surface area contributed by atoms with E-state index in [1.807, 2.05) is 19.1 Å². The quantitative estimate of drug-likeness (QED) is 0.705. The molecule has 168 valence electrons. The molecule has 1 aliphatic heterocycles. The smallest absolute Gasteiger partial charge is 0.251 e. The molecule has 0 aromatic heterocycles. The van der Waals surface area contributed by atoms with Crippen LogP contribution >= 0.6 is 0 Å². The van der Waals surface area contributed by atoms with Gasteiger partial charge in [-0.3, -0.25) is 4.79 Å². The molecule has 31 heavy (non-hydrogen) atoms. The third-order valence-electron chi connectivity index (χ3n) is 5.92. The molecule has 1 unspecified atom stereocenters. The van der Waals surface area contributed by atoms with Crippen molar-refractivity contribution in [2.24, 2.45) is 0 Å². The zero-order valence-electron chi connectivity index (χ0n) is 19.0. The van der Waals surface area contributed by atoms with Crippen LogP contribution in [0.3, 0.4) is 0 Å². The van der Waals surface area contributed by atoms with E-state index in [4.69, 9.17) is 0 Å². The second kappa shape index (κ2) is 9.53. The monoisotopic (exact) mass is 442 g/mol. The van der Waals surface area contributed by atoms with E-state index in [1.165, 1.54) is 11.6 Å². The number of carbonyl (C=O) groups is 1. The molecule has 1 saturated heterocycles. The lowest BCUT2D eigenvalue weighted by molar-refractivity contribution is 0.0939. The minimum atomic E-state index is -3.59. The van der Waals surface area contributed by atoms with Crippen molar-refractivity contribution in [2.45, 2.75) is 69.7 Å². The van der Waals surface area contributed by atoms with Crippen molar-refractivity contribution < 1.29 is 13.2 Å². The summed E-state index contributed by atoms with van der Waals surface area (Å²) < 4.78 is 27.7. The van der Waals surface area contributed by atoms with E-state index in [2.05, 4.69) is 38.2 Å². The van der Waals surface area contributed by atoms with Gasteiger partial charge in [-0.05, 0) is 54.5 Å². The van der Waals surface area contributed by atoms with Crippen molar-refractivity contribution in [3.63, 3.8) is 0 Å². The first-order chi connectivity index (χ1) is 14.6. The number of hydrogen-bond acceptors (Lipinski definition) is 3. The molecule has 0 saturated carbocycles. The van der Waals surface area contributed by atoms with Gasteiger partial charge in [0.25, 0.3) is 5.91 Å². The van der Waals surface area contributed by atoms with Crippen molar-refractivity contribution in [3.8, 4) is 0 Å². The fourth-order valence-corrected chi connectivity index (χ4v) is 5.43. The van der Waals surface area contributed by atoms with Crippen LogP contribution < -0.4 is 5.32 Å². The first-order valence-electron chi connectivity index (χ1n) is 11.1. The maximum Gasteiger partial charge on any atom is 0.251 e. The first-order valence-corrected chi connectivity index (χ1v) is 12.5. The molecular formula is C25H34N2O3S. The van der Waals surface area contributed by atoms with E-state index < -0.39 is 10.0 Å². The second-order valence-electron chi connectivity index (χ2n) is 9.41. The van der Waals surface area contributed by atoms with Crippen LogP contribution in [0.2, 0.25) is 0 Å². The van der Waals surface area contributed by atoms with Crippen LogP contribution in [0, 0.1) is 0 Å². The molecular weight excluding hydrogens is 408 g/mol. The lowest BCUT2D eigenvalue weighted by Crippen LogP contribution is -2.32. The molecule has 0 bridgehead atoms. The fraction of sp³-hybridized carbons (Fsp3) is 0.480. The summed E-state index contributed by atoms with van der Waals surface area (Å²) in [6, 6.07) is 14.4. The van der Waals surface area contributed by atoms with Crippen molar-refractivity contribution in [1.82, 2.24) is 9.62 Å². The Hall–Kier alpha value is -2.18. The number of amides is 1. The summed E-state index contributed by atoms with van der Waals surface area (Å²) in [6.45, 7) is 9.52. The molecule has 1 fully saturated rings. The molecule has 2 aromatic rings. The van der Waals surface area contributed by atoms with E-state index >= 15 is 0 Å².